The van der Waals surface area contributed by atoms with Crippen molar-refractivity contribution in [2.75, 3.05) is 5.75 Å². The maximum absolute atomic E-state index is 10.5. The summed E-state index contributed by atoms with van der Waals surface area (Å²) in [6, 6.07) is 6.27. The highest BCUT2D eigenvalue weighted by Gasteiger charge is 2.15. The van der Waals surface area contributed by atoms with Gasteiger partial charge in [-0.25, -0.2) is 0 Å². The normalized spacial score (nSPS) is 11.5. The van der Waals surface area contributed by atoms with Gasteiger partial charge < -0.3 is 5.11 Å². The van der Waals surface area contributed by atoms with E-state index in [1.807, 2.05) is 6.92 Å². The second-order valence-electron chi connectivity index (χ2n) is 4.91. The summed E-state index contributed by atoms with van der Waals surface area (Å²) in [4.78, 5) is 11.6. The number of carboxylic acid groups (broad SMARTS) is 1. The molecule has 0 fully saturated rings. The van der Waals surface area contributed by atoms with Gasteiger partial charge >= 0.3 is 5.97 Å². The Morgan fingerprint density at radius 3 is 2.50 bits per heavy atom. The molecule has 0 saturated heterocycles. The lowest BCUT2D eigenvalue weighted by molar-refractivity contribution is -0.133. The Hall–Kier alpha value is -0.960. The van der Waals surface area contributed by atoms with Gasteiger partial charge in [-0.15, -0.1) is 11.8 Å². The maximum Gasteiger partial charge on any atom is 0.313 e. The molecule has 0 aliphatic rings. The Labute approximate surface area is 101 Å². The maximum atomic E-state index is 10.5. The van der Waals surface area contributed by atoms with E-state index in [1.54, 1.807) is 0 Å². The molecule has 0 spiro atoms. The van der Waals surface area contributed by atoms with Gasteiger partial charge in [0.25, 0.3) is 0 Å². The highest BCUT2D eigenvalue weighted by molar-refractivity contribution is 8.00. The van der Waals surface area contributed by atoms with Gasteiger partial charge in [0.15, 0.2) is 0 Å². The third kappa shape index (κ3) is 3.56. The number of hydrogen-bond acceptors (Lipinski definition) is 2. The monoisotopic (exact) mass is 238 g/mol. The fourth-order valence-corrected chi connectivity index (χ4v) is 2.15. The molecule has 1 aromatic carbocycles. The molecule has 0 bridgehead atoms. The molecule has 16 heavy (non-hydrogen) atoms. The third-order valence-corrected chi connectivity index (χ3v) is 3.55. The number of thioether (sulfide) groups is 1. The minimum atomic E-state index is -0.773. The molecule has 1 rings (SSSR count). The van der Waals surface area contributed by atoms with Crippen molar-refractivity contribution in [3.05, 3.63) is 29.3 Å². The zero-order valence-electron chi connectivity index (χ0n) is 10.2. The Bertz CT molecular complexity index is 391. The number of hydrogen-bond donors (Lipinski definition) is 1. The predicted octanol–water partition coefficient (Wildman–Crippen LogP) is 3.47. The van der Waals surface area contributed by atoms with Gasteiger partial charge in [-0.3, -0.25) is 4.79 Å². The molecule has 0 unspecified atom stereocenters. The lowest BCUT2D eigenvalue weighted by atomic mass is 9.87. The first-order valence-electron chi connectivity index (χ1n) is 5.26. The first-order valence-corrected chi connectivity index (χ1v) is 6.25. The smallest absolute Gasteiger partial charge is 0.313 e. The quantitative estimate of drug-likeness (QED) is 0.819. The van der Waals surface area contributed by atoms with Crippen LogP contribution in [0.5, 0.6) is 0 Å². The summed E-state index contributed by atoms with van der Waals surface area (Å²) in [7, 11) is 0. The molecule has 88 valence electrons. The van der Waals surface area contributed by atoms with Gasteiger partial charge in [-0.2, -0.15) is 0 Å². The number of carbonyl (C=O) groups is 1. The van der Waals surface area contributed by atoms with E-state index in [2.05, 4.69) is 39.0 Å². The van der Waals surface area contributed by atoms with Crippen LogP contribution in [-0.4, -0.2) is 16.8 Å². The fourth-order valence-electron chi connectivity index (χ4n) is 1.36. The molecule has 0 saturated carbocycles. The zero-order chi connectivity index (χ0) is 12.3. The highest BCUT2D eigenvalue weighted by Crippen LogP contribution is 2.29. The molecule has 0 aliphatic carbocycles. The van der Waals surface area contributed by atoms with E-state index < -0.39 is 5.97 Å². The van der Waals surface area contributed by atoms with E-state index in [1.165, 1.54) is 17.3 Å². The summed E-state index contributed by atoms with van der Waals surface area (Å²) in [5.74, 6) is -0.653. The molecule has 2 nitrogen and oxygen atoms in total. The second kappa shape index (κ2) is 4.91. The van der Waals surface area contributed by atoms with Crippen LogP contribution in [0.25, 0.3) is 0 Å². The van der Waals surface area contributed by atoms with Crippen molar-refractivity contribution in [2.24, 2.45) is 0 Å². The molecule has 0 heterocycles. The van der Waals surface area contributed by atoms with E-state index in [-0.39, 0.29) is 11.2 Å². The standard InChI is InChI=1S/C13H18O2S/c1-9-5-6-10(13(2,3)4)7-11(9)16-8-12(14)15/h5-7H,8H2,1-4H3,(H,14,15). The summed E-state index contributed by atoms with van der Waals surface area (Å²) in [5.41, 5.74) is 2.48. The van der Waals surface area contributed by atoms with Crippen molar-refractivity contribution in [1.82, 2.24) is 0 Å². The fraction of sp³-hybridized carbons (Fsp3) is 0.462. The van der Waals surface area contributed by atoms with Gasteiger partial charge in [0, 0.05) is 4.90 Å². The minimum Gasteiger partial charge on any atom is -0.481 e. The first kappa shape index (κ1) is 13.1. The average molecular weight is 238 g/mol. The number of aliphatic carboxylic acids is 1. The van der Waals surface area contributed by atoms with Gasteiger partial charge in [-0.05, 0) is 29.5 Å². The van der Waals surface area contributed by atoms with Crippen LogP contribution in [0.1, 0.15) is 31.9 Å². The highest BCUT2D eigenvalue weighted by atomic mass is 32.2. The van der Waals surface area contributed by atoms with Crippen LogP contribution in [0.2, 0.25) is 0 Å². The molecule has 1 aromatic rings. The topological polar surface area (TPSA) is 37.3 Å². The molecule has 0 amide bonds. The molecular weight excluding hydrogens is 220 g/mol. The Morgan fingerprint density at radius 2 is 2.00 bits per heavy atom. The first-order chi connectivity index (χ1) is 7.30. The third-order valence-electron chi connectivity index (χ3n) is 2.41. The van der Waals surface area contributed by atoms with Crippen LogP contribution in [0.3, 0.4) is 0 Å². The van der Waals surface area contributed by atoms with Crippen molar-refractivity contribution in [3.63, 3.8) is 0 Å². The minimum absolute atomic E-state index is 0.103. The Morgan fingerprint density at radius 1 is 1.38 bits per heavy atom. The van der Waals surface area contributed by atoms with Gasteiger partial charge in [0.2, 0.25) is 0 Å². The summed E-state index contributed by atoms with van der Waals surface area (Å²) in [6.45, 7) is 8.48. The Balaban J connectivity index is 2.95. The number of benzene rings is 1. The van der Waals surface area contributed by atoms with E-state index in [9.17, 15) is 4.79 Å². The lowest BCUT2D eigenvalue weighted by Crippen LogP contribution is -2.11. The zero-order valence-corrected chi connectivity index (χ0v) is 11.0. The van der Waals surface area contributed by atoms with Gasteiger partial charge in [-0.1, -0.05) is 32.9 Å². The molecule has 0 aromatic heterocycles. The van der Waals surface area contributed by atoms with E-state index in [0.29, 0.717) is 0 Å². The average Bonchev–Trinajstić information content (AvgIpc) is 2.14. The SMILES string of the molecule is Cc1ccc(C(C)(C)C)cc1SCC(=O)O. The van der Waals surface area contributed by atoms with Crippen LogP contribution in [0.15, 0.2) is 23.1 Å². The number of rotatable bonds is 3. The van der Waals surface area contributed by atoms with Crippen LogP contribution in [-0.2, 0) is 10.2 Å². The van der Waals surface area contributed by atoms with E-state index in [4.69, 9.17) is 5.11 Å². The van der Waals surface area contributed by atoms with Gasteiger partial charge in [0.1, 0.15) is 0 Å². The molecule has 0 atom stereocenters. The molecule has 0 aliphatic heterocycles. The molecule has 3 heteroatoms. The van der Waals surface area contributed by atoms with E-state index >= 15 is 0 Å². The van der Waals surface area contributed by atoms with Crippen molar-refractivity contribution < 1.29 is 9.90 Å². The number of aryl methyl sites for hydroxylation is 1. The summed E-state index contributed by atoms with van der Waals surface area (Å²) in [5, 5.41) is 8.67. The van der Waals surface area contributed by atoms with Crippen molar-refractivity contribution in [1.29, 1.82) is 0 Å². The van der Waals surface area contributed by atoms with Crippen molar-refractivity contribution in [3.8, 4) is 0 Å². The van der Waals surface area contributed by atoms with E-state index in [0.717, 1.165) is 10.5 Å². The van der Waals surface area contributed by atoms with Gasteiger partial charge in [0.05, 0.1) is 5.75 Å². The van der Waals surface area contributed by atoms with Crippen LogP contribution in [0, 0.1) is 6.92 Å². The molecular formula is C13H18O2S. The Kier molecular flexibility index (Phi) is 4.03. The molecule has 1 N–H and O–H groups in total. The lowest BCUT2D eigenvalue weighted by Gasteiger charge is -2.20. The van der Waals surface area contributed by atoms with Crippen molar-refractivity contribution >= 4 is 17.7 Å². The summed E-state index contributed by atoms with van der Waals surface area (Å²) >= 11 is 1.39. The summed E-state index contributed by atoms with van der Waals surface area (Å²) < 4.78 is 0. The van der Waals surface area contributed by atoms with Crippen LogP contribution in [0.4, 0.5) is 0 Å². The molecule has 0 radical (unpaired) electrons. The van der Waals surface area contributed by atoms with Crippen LogP contribution < -0.4 is 0 Å². The largest absolute Gasteiger partial charge is 0.481 e. The second-order valence-corrected chi connectivity index (χ2v) is 5.93. The van der Waals surface area contributed by atoms with Crippen molar-refractivity contribution in [2.45, 2.75) is 38.0 Å². The number of carboxylic acids is 1. The van der Waals surface area contributed by atoms with Crippen LogP contribution >= 0.6 is 11.8 Å². The predicted molar refractivity (Wildman–Crippen MR) is 68.2 cm³/mol. The summed E-state index contributed by atoms with van der Waals surface area (Å²) in [6.07, 6.45) is 0.